The third kappa shape index (κ3) is 17.3. The van der Waals surface area contributed by atoms with Gasteiger partial charge in [-0.2, -0.15) is 0 Å². The van der Waals surface area contributed by atoms with Gasteiger partial charge in [-0.1, -0.05) is 362 Å². The number of hydrogen-bond acceptors (Lipinski definition) is 2. The highest BCUT2D eigenvalue weighted by molar-refractivity contribution is 7.00. The van der Waals surface area contributed by atoms with Gasteiger partial charge in [0.1, 0.15) is 0 Å². The van der Waals surface area contributed by atoms with E-state index in [4.69, 9.17) is 0 Å². The van der Waals surface area contributed by atoms with Crippen LogP contribution in [0.25, 0.3) is 99.5 Å². The Morgan fingerprint density at radius 3 is 0.769 bits per heavy atom. The van der Waals surface area contributed by atoms with Crippen LogP contribution in [0, 0.1) is 16.2 Å². The van der Waals surface area contributed by atoms with Crippen molar-refractivity contribution in [3.05, 3.63) is 304 Å². The number of benzene rings is 13. The first kappa shape index (κ1) is 88.4. The van der Waals surface area contributed by atoms with Gasteiger partial charge < -0.3 is 18.9 Å². The number of fused-ring (bicyclic) bond motifs is 10. The normalized spacial score (nSPS) is 14.3. The van der Waals surface area contributed by atoms with Crippen LogP contribution in [0.3, 0.4) is 0 Å². The lowest BCUT2D eigenvalue weighted by Gasteiger charge is -2.46. The topological polar surface area (TPSA) is 16.3 Å². The van der Waals surface area contributed by atoms with Gasteiger partial charge in [-0.25, -0.2) is 0 Å². The van der Waals surface area contributed by atoms with Crippen LogP contribution < -0.4 is 26.2 Å². The number of nitrogens with zero attached hydrogens (tertiary/aromatic N) is 4. The predicted molar refractivity (Wildman–Crippen MR) is 570 cm³/mol. The number of rotatable bonds is 11. The molecule has 4 heterocycles. The van der Waals surface area contributed by atoms with Crippen LogP contribution >= 0.6 is 0 Å². The fourth-order valence-electron chi connectivity index (χ4n) is 20.4. The van der Waals surface area contributed by atoms with E-state index in [-0.39, 0.29) is 54.1 Å². The van der Waals surface area contributed by atoms with Crippen molar-refractivity contribution in [2.75, 3.05) is 9.80 Å². The van der Waals surface area contributed by atoms with Gasteiger partial charge in [0.15, 0.2) is 0 Å². The fourth-order valence-corrected chi connectivity index (χ4v) is 20.4. The predicted octanol–water partition coefficient (Wildman–Crippen LogP) is 33.8. The molecule has 0 unspecified atom stereocenters. The van der Waals surface area contributed by atoms with Crippen LogP contribution in [0.4, 0.5) is 34.1 Å². The van der Waals surface area contributed by atoms with Gasteiger partial charge in [0.2, 0.25) is 0 Å². The van der Waals surface area contributed by atoms with E-state index in [9.17, 15) is 2.74 Å². The van der Waals surface area contributed by atoms with Crippen LogP contribution in [-0.2, 0) is 62.5 Å². The maximum Gasteiger partial charge on any atom is 0.252 e. The largest absolute Gasteiger partial charge is 0.311 e. The lowest BCUT2D eigenvalue weighted by atomic mass is 9.33. The minimum atomic E-state index is -1.94. The van der Waals surface area contributed by atoms with E-state index < -0.39 is 18.5 Å². The third-order valence-corrected chi connectivity index (χ3v) is 27.6. The fraction of sp³-hybridized carbons (Fsp3) is 0.376. The van der Waals surface area contributed by atoms with Crippen LogP contribution in [0.1, 0.15) is 292 Å². The van der Waals surface area contributed by atoms with E-state index in [1.54, 1.807) is 0 Å². The van der Waals surface area contributed by atoms with Gasteiger partial charge in [0.05, 0.1) is 33.4 Å². The zero-order valence-corrected chi connectivity index (χ0v) is 84.9. The molecule has 130 heavy (non-hydrogen) atoms. The number of anilines is 6. The van der Waals surface area contributed by atoms with Crippen molar-refractivity contribution in [2.45, 2.75) is 291 Å². The Bertz CT molecular complexity index is 6580. The molecule has 2 aliphatic rings. The summed E-state index contributed by atoms with van der Waals surface area (Å²) in [5.74, 6) is 0. The summed E-state index contributed by atoms with van der Waals surface area (Å²) < 4.78 is 27.7. The molecule has 15 aromatic rings. The maximum absolute atomic E-state index is 11.3. The Kier molecular flexibility index (Phi) is 21.4. The van der Waals surface area contributed by atoms with Crippen molar-refractivity contribution in [3.8, 4) is 55.9 Å². The molecule has 17 rings (SSSR count). The highest BCUT2D eigenvalue weighted by atomic mass is 15.2. The zero-order valence-electron chi connectivity index (χ0n) is 86.9. The van der Waals surface area contributed by atoms with Crippen LogP contribution in [-0.4, -0.2) is 15.8 Å². The van der Waals surface area contributed by atoms with E-state index in [1.807, 2.05) is 0 Å². The van der Waals surface area contributed by atoms with E-state index in [1.165, 1.54) is 99.4 Å². The van der Waals surface area contributed by atoms with E-state index >= 15 is 0 Å². The SMILES string of the molecule is [2H]C([2H])(c1cc2c3c(c1)N(c1cc(-c4cccc(C(C)(C)C)c4)c(CC(C)(C)C)cc1-c1cccc(C(C)(C)C)c1)c1cc(-n4c5ccc(C(C)(C)C)cc5c5cc(C(C)(C)C)ccc54)ccc1B3c1ccc(-n3c4ccc(C(C)(C)C)cc4c4cc(C(C)(C)C)ccc43)cc1N2c1cc(-c2cccc(C(C)(C)C)c2)c(CC(C)(C)C)cc1-c1cccc(C(C)(C)C)c1)C(C)(C)C. The van der Waals surface area contributed by atoms with Crippen molar-refractivity contribution in [3.63, 3.8) is 0 Å². The van der Waals surface area contributed by atoms with Crippen molar-refractivity contribution in [1.82, 2.24) is 9.13 Å². The Morgan fingerprint density at radius 1 is 0.238 bits per heavy atom. The van der Waals surface area contributed by atoms with E-state index in [0.717, 1.165) is 119 Å². The Balaban J connectivity index is 1.11. The monoisotopic (exact) mass is 1720 g/mol. The van der Waals surface area contributed by atoms with Crippen LogP contribution in [0.5, 0.6) is 0 Å². The molecule has 0 saturated heterocycles. The van der Waals surface area contributed by atoms with Gasteiger partial charge in [-0.05, 0) is 299 Å². The van der Waals surface area contributed by atoms with Crippen LogP contribution in [0.2, 0.25) is 0 Å². The second-order valence-corrected chi connectivity index (χ2v) is 50.3. The summed E-state index contributed by atoms with van der Waals surface area (Å²) in [6.45, 7) is 76.3. The molecule has 668 valence electrons. The summed E-state index contributed by atoms with van der Waals surface area (Å²) >= 11 is 0. The summed E-state index contributed by atoms with van der Waals surface area (Å²) in [5, 5.41) is 4.91. The summed E-state index contributed by atoms with van der Waals surface area (Å²) in [4.78, 5) is 5.32. The van der Waals surface area contributed by atoms with Gasteiger partial charge in [0.25, 0.3) is 6.71 Å². The molecule has 0 radical (unpaired) electrons. The first-order valence-electron chi connectivity index (χ1n) is 49.1. The minimum absolute atomic E-state index is 0.110. The molecule has 0 aliphatic carbocycles. The Hall–Kier alpha value is -10.9. The summed E-state index contributed by atoms with van der Waals surface area (Å²) in [5.41, 5.74) is 36.3. The zero-order chi connectivity index (χ0) is 95.5. The van der Waals surface area contributed by atoms with Gasteiger partial charge >= 0.3 is 0 Å². The van der Waals surface area contributed by atoms with Gasteiger partial charge in [-0.15, -0.1) is 0 Å². The molecular weight excluding hydrogens is 1570 g/mol. The lowest BCUT2D eigenvalue weighted by molar-refractivity contribution is 0.411. The Labute approximate surface area is 784 Å². The molecule has 0 saturated carbocycles. The van der Waals surface area contributed by atoms with Gasteiger partial charge in [-0.3, -0.25) is 0 Å². The second-order valence-electron chi connectivity index (χ2n) is 50.3. The molecule has 13 aromatic carbocycles. The number of aromatic nitrogens is 2. The van der Waals surface area contributed by atoms with Crippen molar-refractivity contribution in [2.24, 2.45) is 16.2 Å². The highest BCUT2D eigenvalue weighted by Crippen LogP contribution is 2.55. The average Bonchev–Trinajstić information content (AvgIpc) is 0.800. The average molecular weight is 1720 g/mol. The number of hydrogen-bond donors (Lipinski definition) is 0. The minimum Gasteiger partial charge on any atom is -0.311 e. The van der Waals surface area contributed by atoms with E-state index in [0.29, 0.717) is 5.56 Å². The lowest BCUT2D eigenvalue weighted by Crippen LogP contribution is -2.61. The molecule has 0 N–H and O–H groups in total. The molecular formula is C125H145BN4. The molecule has 5 heteroatoms. The summed E-state index contributed by atoms with van der Waals surface area (Å²) in [6.07, 6.45) is -0.313. The first-order valence-corrected chi connectivity index (χ1v) is 48.1. The summed E-state index contributed by atoms with van der Waals surface area (Å²) in [6, 6.07) is 96.5. The second kappa shape index (κ2) is 31.4. The van der Waals surface area contributed by atoms with E-state index in [2.05, 4.69) is 490 Å². The van der Waals surface area contributed by atoms with Crippen molar-refractivity contribution < 1.29 is 2.74 Å². The van der Waals surface area contributed by atoms with Crippen molar-refractivity contribution in [1.29, 1.82) is 0 Å². The standard InChI is InChI=1S/C125H145BN4/c1-115(2,3)74-77-58-112-114-113(59-77)130(109-73-95(79-39-35-43-85(61-79)119(13,14)15)83(76-117(7,8)9)65-97(109)81-41-37-45-87(63-81)121(19,20)21)111-71-93(128-106-56-48-90(124(28,29)30)68-100(106)101-69-91(125(31,32)33)49-57-107(101)128)51-53-103(111)126(114)102-52-50-92(127-104-54-46-88(122(22,23)24)66-98(104)99-67-89(123(25,26)27)47-55-105(99)127)70-110(102)129(112)108-72-94(78-38-34-42-84(60-78)118(10,11)12)82(75-116(4,5)6)64-96(108)80-40-36-44-86(62-80)120(16,17)18/h34-73H,74-76H2,1-33H3/i74D2. The quantitative estimate of drug-likeness (QED) is 0.120. The maximum atomic E-state index is 11.3. The third-order valence-electron chi connectivity index (χ3n) is 27.6. The highest BCUT2D eigenvalue weighted by Gasteiger charge is 2.46. The molecule has 0 spiro atoms. The molecule has 0 amide bonds. The summed E-state index contributed by atoms with van der Waals surface area (Å²) in [7, 11) is 0. The molecule has 2 aromatic heterocycles. The first-order chi connectivity index (χ1) is 61.1. The molecule has 0 atom stereocenters. The van der Waals surface area contributed by atoms with Gasteiger partial charge in [0, 0.05) is 69.5 Å². The van der Waals surface area contributed by atoms with Crippen molar-refractivity contribution >= 4 is 101 Å². The molecule has 4 nitrogen and oxygen atoms in total. The van der Waals surface area contributed by atoms with Crippen LogP contribution in [0.15, 0.2) is 243 Å². The molecule has 0 fully saturated rings. The molecule has 2 aliphatic heterocycles. The Morgan fingerprint density at radius 2 is 0.508 bits per heavy atom. The smallest absolute Gasteiger partial charge is 0.252 e. The molecule has 0 bridgehead atoms.